The second-order valence-electron chi connectivity index (χ2n) is 4.19. The molecule has 2 aromatic heterocycles. The van der Waals surface area contributed by atoms with Gasteiger partial charge in [-0.1, -0.05) is 6.08 Å². The first-order valence-electron chi connectivity index (χ1n) is 5.90. The Balaban J connectivity index is 1.88. The number of aromatic nitrogens is 3. The van der Waals surface area contributed by atoms with Crippen molar-refractivity contribution in [2.24, 2.45) is 0 Å². The fraction of sp³-hybridized carbons (Fsp3) is 0.273. The van der Waals surface area contributed by atoms with E-state index in [9.17, 15) is 9.67 Å². The number of aromatic amines is 1. The van der Waals surface area contributed by atoms with Gasteiger partial charge >= 0.3 is 7.60 Å². The number of fused-ring (bicyclic) bond motifs is 1. The summed E-state index contributed by atoms with van der Waals surface area (Å²) in [7, 11) is -3.98. The number of rotatable bonds is 6. The topological polar surface area (TPSA) is 131 Å². The van der Waals surface area contributed by atoms with E-state index in [4.69, 9.17) is 9.79 Å². The Labute approximate surface area is 114 Å². The molecule has 0 bridgehead atoms. The lowest BCUT2D eigenvalue weighted by molar-refractivity contribution is 0.377. The van der Waals surface area contributed by atoms with Gasteiger partial charge in [0.15, 0.2) is 0 Å². The fourth-order valence-corrected chi connectivity index (χ4v) is 2.11. The summed E-state index contributed by atoms with van der Waals surface area (Å²) in [6.45, 7) is 0.579. The zero-order valence-electron chi connectivity index (χ0n) is 10.5. The molecule has 9 heteroatoms. The molecule has 8 nitrogen and oxygen atoms in total. The van der Waals surface area contributed by atoms with Gasteiger partial charge in [0.1, 0.15) is 11.8 Å². The summed E-state index contributed by atoms with van der Waals surface area (Å²) in [6.07, 6.45) is 6.32. The quantitative estimate of drug-likeness (QED) is 0.387. The van der Waals surface area contributed by atoms with Crippen molar-refractivity contribution in [2.75, 3.05) is 12.7 Å². The Morgan fingerprint density at radius 2 is 2.20 bits per heavy atom. The molecule has 0 amide bonds. The molecule has 0 fully saturated rings. The number of nitrogens with zero attached hydrogens (tertiary/aromatic N) is 2. The van der Waals surface area contributed by atoms with E-state index in [2.05, 4.69) is 20.3 Å². The zero-order valence-corrected chi connectivity index (χ0v) is 11.4. The molecule has 2 heterocycles. The number of allylic oxidation sites excluding steroid dienone is 1. The normalized spacial score (nSPS) is 12.3. The molecule has 0 saturated heterocycles. The third kappa shape index (κ3) is 3.80. The van der Waals surface area contributed by atoms with Crippen LogP contribution in [0.15, 0.2) is 24.8 Å². The van der Waals surface area contributed by atoms with Crippen molar-refractivity contribution in [2.45, 2.75) is 6.42 Å². The first-order valence-corrected chi connectivity index (χ1v) is 7.70. The minimum absolute atomic E-state index is 0.0873. The number of hydrogen-bond acceptors (Lipinski definition) is 5. The molecule has 0 radical (unpaired) electrons. The Kier molecular flexibility index (Phi) is 4.39. The van der Waals surface area contributed by atoms with E-state index in [1.54, 1.807) is 6.20 Å². The van der Waals surface area contributed by atoms with Crippen molar-refractivity contribution in [3.63, 3.8) is 0 Å². The standard InChI is InChI=1S/C11H15N4O4P/c16-11-10-9(14-7-15-11)8(6-13-10)2-4-12-3-1-5-20(17,18)19/h1,3,6-7,12-13H,2,4-5H2,(H,14,15,16)(H2,17,18,19). The highest BCUT2D eigenvalue weighted by molar-refractivity contribution is 7.51. The van der Waals surface area contributed by atoms with Crippen LogP contribution < -0.4 is 5.32 Å². The Morgan fingerprint density at radius 3 is 2.95 bits per heavy atom. The summed E-state index contributed by atoms with van der Waals surface area (Å²) in [5, 5.41) is 12.5. The molecule has 2 rings (SSSR count). The summed E-state index contributed by atoms with van der Waals surface area (Å²) in [6, 6.07) is 0. The predicted octanol–water partition coefficient (Wildman–Crippen LogP) is 0.487. The van der Waals surface area contributed by atoms with Crippen LogP contribution in [-0.2, 0) is 11.0 Å². The van der Waals surface area contributed by atoms with E-state index in [1.165, 1.54) is 18.6 Å². The highest BCUT2D eigenvalue weighted by Crippen LogP contribution is 2.33. The van der Waals surface area contributed by atoms with Gasteiger partial charge in [-0.25, -0.2) is 9.97 Å². The molecular weight excluding hydrogens is 283 g/mol. The van der Waals surface area contributed by atoms with Crippen LogP contribution in [0.1, 0.15) is 5.56 Å². The van der Waals surface area contributed by atoms with Crippen LogP contribution in [0, 0.1) is 0 Å². The van der Waals surface area contributed by atoms with Crippen molar-refractivity contribution in [3.05, 3.63) is 30.4 Å². The zero-order chi connectivity index (χ0) is 14.6. The van der Waals surface area contributed by atoms with E-state index < -0.39 is 7.60 Å². The molecule has 0 atom stereocenters. The van der Waals surface area contributed by atoms with Crippen LogP contribution in [-0.4, -0.2) is 42.6 Å². The number of aromatic hydroxyl groups is 1. The molecule has 20 heavy (non-hydrogen) atoms. The molecule has 0 spiro atoms. The van der Waals surface area contributed by atoms with Gasteiger partial charge in [0, 0.05) is 12.7 Å². The molecule has 0 unspecified atom stereocenters. The van der Waals surface area contributed by atoms with Crippen molar-refractivity contribution < 1.29 is 19.5 Å². The van der Waals surface area contributed by atoms with Gasteiger partial charge < -0.3 is 25.2 Å². The lowest BCUT2D eigenvalue weighted by Crippen LogP contribution is -2.09. The summed E-state index contributed by atoms with van der Waals surface area (Å²) in [4.78, 5) is 28.0. The Bertz CT molecular complexity index is 663. The van der Waals surface area contributed by atoms with Crippen LogP contribution in [0.25, 0.3) is 11.0 Å². The fourth-order valence-electron chi connectivity index (χ4n) is 1.73. The highest BCUT2D eigenvalue weighted by atomic mass is 31.2. The van der Waals surface area contributed by atoms with Crippen molar-refractivity contribution in [1.29, 1.82) is 0 Å². The second-order valence-corrected chi connectivity index (χ2v) is 5.88. The molecule has 0 aromatic carbocycles. The van der Waals surface area contributed by atoms with Gasteiger partial charge in [-0.3, -0.25) is 4.57 Å². The lowest BCUT2D eigenvalue weighted by Gasteiger charge is -2.01. The molecule has 0 saturated carbocycles. The van der Waals surface area contributed by atoms with Crippen molar-refractivity contribution in [1.82, 2.24) is 20.3 Å². The maximum Gasteiger partial charge on any atom is 0.329 e. The van der Waals surface area contributed by atoms with Crippen LogP contribution in [0.3, 0.4) is 0 Å². The molecule has 0 aliphatic carbocycles. The molecule has 108 valence electrons. The van der Waals surface area contributed by atoms with E-state index in [1.807, 2.05) is 0 Å². The van der Waals surface area contributed by atoms with Gasteiger partial charge in [-0.15, -0.1) is 0 Å². The van der Waals surface area contributed by atoms with Crippen LogP contribution in [0.4, 0.5) is 0 Å². The molecule has 2 aromatic rings. The van der Waals surface area contributed by atoms with E-state index in [-0.39, 0.29) is 12.0 Å². The van der Waals surface area contributed by atoms with Gasteiger partial charge in [-0.05, 0) is 18.2 Å². The smallest absolute Gasteiger partial charge is 0.329 e. The Morgan fingerprint density at radius 1 is 1.40 bits per heavy atom. The molecule has 5 N–H and O–H groups in total. The molecular formula is C11H15N4O4P. The minimum atomic E-state index is -3.98. The maximum absolute atomic E-state index is 10.6. The summed E-state index contributed by atoms with van der Waals surface area (Å²) in [5.41, 5.74) is 2.09. The summed E-state index contributed by atoms with van der Waals surface area (Å²) < 4.78 is 10.6. The highest BCUT2D eigenvalue weighted by Gasteiger charge is 2.09. The summed E-state index contributed by atoms with van der Waals surface area (Å²) in [5.74, 6) is -0.0873. The monoisotopic (exact) mass is 298 g/mol. The number of hydrogen-bond donors (Lipinski definition) is 5. The van der Waals surface area contributed by atoms with Crippen molar-refractivity contribution >= 4 is 18.6 Å². The average molecular weight is 298 g/mol. The predicted molar refractivity (Wildman–Crippen MR) is 73.3 cm³/mol. The molecule has 0 aliphatic rings. The lowest BCUT2D eigenvalue weighted by atomic mass is 10.2. The van der Waals surface area contributed by atoms with Crippen molar-refractivity contribution in [3.8, 4) is 5.88 Å². The average Bonchev–Trinajstić information content (AvgIpc) is 2.77. The second kappa shape index (κ2) is 6.04. The SMILES string of the molecule is O=P(O)(O)CC=CNCCc1c[nH]c2c(O)ncnc12. The van der Waals surface area contributed by atoms with Crippen LogP contribution >= 0.6 is 7.60 Å². The third-order valence-electron chi connectivity index (χ3n) is 2.64. The largest absolute Gasteiger partial charge is 0.492 e. The Hall–Kier alpha value is -1.89. The first-order chi connectivity index (χ1) is 9.47. The number of H-pyrrole nitrogens is 1. The van der Waals surface area contributed by atoms with Gasteiger partial charge in [-0.2, -0.15) is 0 Å². The van der Waals surface area contributed by atoms with E-state index >= 15 is 0 Å². The minimum Gasteiger partial charge on any atom is -0.492 e. The number of nitrogens with one attached hydrogen (secondary N) is 2. The van der Waals surface area contributed by atoms with Gasteiger partial charge in [0.2, 0.25) is 5.88 Å². The van der Waals surface area contributed by atoms with Gasteiger partial charge in [0.25, 0.3) is 0 Å². The summed E-state index contributed by atoms with van der Waals surface area (Å²) >= 11 is 0. The van der Waals surface area contributed by atoms with Gasteiger partial charge in [0.05, 0.1) is 11.7 Å². The van der Waals surface area contributed by atoms with Crippen LogP contribution in [0.2, 0.25) is 0 Å². The molecule has 0 aliphatic heterocycles. The van der Waals surface area contributed by atoms with Crippen LogP contribution in [0.5, 0.6) is 5.88 Å². The maximum atomic E-state index is 10.6. The van der Waals surface area contributed by atoms with E-state index in [0.717, 1.165) is 5.56 Å². The van der Waals surface area contributed by atoms with E-state index in [0.29, 0.717) is 24.0 Å². The first kappa shape index (κ1) is 14.5. The third-order valence-corrected chi connectivity index (χ3v) is 3.33.